The van der Waals surface area contributed by atoms with E-state index in [0.717, 1.165) is 16.7 Å². The second-order valence-corrected chi connectivity index (χ2v) is 8.93. The summed E-state index contributed by atoms with van der Waals surface area (Å²) in [5, 5.41) is 9.73. The molecule has 0 unspecified atom stereocenters. The summed E-state index contributed by atoms with van der Waals surface area (Å²) in [4.78, 5) is 11.9. The van der Waals surface area contributed by atoms with Gasteiger partial charge < -0.3 is 5.11 Å². The standard InChI is InChI=1S/C21H22N2O4S/c24-20(25)21(15-19(21)18-9-5-2-6-10-18)22-28(26,27)23-13-11-17(12-14-23)16-7-3-1-4-8-16/h1-11,19,22H,12-15H2,(H,24,25)/t19-,21+/m0/s1. The fourth-order valence-electron chi connectivity index (χ4n) is 3.82. The highest BCUT2D eigenvalue weighted by Crippen LogP contribution is 2.52. The first kappa shape index (κ1) is 18.9. The van der Waals surface area contributed by atoms with Gasteiger partial charge in [-0.1, -0.05) is 66.7 Å². The molecule has 4 rings (SSSR count). The number of hydrogen-bond donors (Lipinski definition) is 2. The Morgan fingerprint density at radius 3 is 2.29 bits per heavy atom. The van der Waals surface area contributed by atoms with Crippen LogP contribution in [0.5, 0.6) is 0 Å². The SMILES string of the molecule is O=C(O)[C@@]1(NS(=O)(=O)N2CC=C(c3ccccc3)CC2)C[C@H]1c1ccccc1. The summed E-state index contributed by atoms with van der Waals surface area (Å²) in [6.45, 7) is 0.549. The number of hydrogen-bond acceptors (Lipinski definition) is 3. The van der Waals surface area contributed by atoms with E-state index in [1.165, 1.54) is 4.31 Å². The molecule has 0 aromatic heterocycles. The van der Waals surface area contributed by atoms with Crippen molar-refractivity contribution in [1.82, 2.24) is 9.03 Å². The Labute approximate surface area is 164 Å². The molecule has 0 amide bonds. The number of rotatable bonds is 6. The van der Waals surface area contributed by atoms with Gasteiger partial charge in [0, 0.05) is 19.0 Å². The Bertz CT molecular complexity index is 1010. The molecule has 0 bridgehead atoms. The summed E-state index contributed by atoms with van der Waals surface area (Å²) in [7, 11) is -3.91. The number of carboxylic acid groups (broad SMARTS) is 1. The van der Waals surface area contributed by atoms with Crippen molar-refractivity contribution in [2.75, 3.05) is 13.1 Å². The Hall–Kier alpha value is -2.48. The number of aliphatic carboxylic acids is 1. The molecule has 2 N–H and O–H groups in total. The summed E-state index contributed by atoms with van der Waals surface area (Å²) < 4.78 is 29.6. The number of carbonyl (C=O) groups is 1. The molecule has 1 aliphatic carbocycles. The zero-order chi connectivity index (χ0) is 19.8. The van der Waals surface area contributed by atoms with Crippen LogP contribution in [-0.2, 0) is 15.0 Å². The monoisotopic (exact) mass is 398 g/mol. The van der Waals surface area contributed by atoms with Crippen molar-refractivity contribution in [2.24, 2.45) is 0 Å². The van der Waals surface area contributed by atoms with Crippen molar-refractivity contribution in [2.45, 2.75) is 24.3 Å². The number of carboxylic acids is 1. The van der Waals surface area contributed by atoms with E-state index in [1.807, 2.05) is 66.7 Å². The summed E-state index contributed by atoms with van der Waals surface area (Å²) in [6.07, 6.45) is 2.74. The average Bonchev–Trinajstić information content (AvgIpc) is 3.44. The lowest BCUT2D eigenvalue weighted by Gasteiger charge is -2.28. The van der Waals surface area contributed by atoms with Crippen molar-refractivity contribution in [3.63, 3.8) is 0 Å². The van der Waals surface area contributed by atoms with Crippen molar-refractivity contribution in [1.29, 1.82) is 0 Å². The fraction of sp³-hybridized carbons (Fsp3) is 0.286. The minimum absolute atomic E-state index is 0.227. The molecule has 2 aliphatic rings. The fourth-order valence-corrected chi connectivity index (χ4v) is 5.33. The van der Waals surface area contributed by atoms with E-state index in [1.54, 1.807) is 0 Å². The average molecular weight is 398 g/mol. The van der Waals surface area contributed by atoms with Crippen molar-refractivity contribution >= 4 is 21.8 Å². The third kappa shape index (κ3) is 3.48. The van der Waals surface area contributed by atoms with Crippen LogP contribution in [0.1, 0.15) is 29.9 Å². The maximum absolute atomic E-state index is 12.9. The molecule has 0 saturated heterocycles. The van der Waals surface area contributed by atoms with Crippen LogP contribution in [-0.4, -0.2) is 42.4 Å². The third-order valence-corrected chi connectivity index (χ3v) is 7.15. The molecular weight excluding hydrogens is 376 g/mol. The predicted molar refractivity (Wildman–Crippen MR) is 107 cm³/mol. The van der Waals surface area contributed by atoms with Gasteiger partial charge in [-0.2, -0.15) is 17.4 Å². The Morgan fingerprint density at radius 1 is 1.07 bits per heavy atom. The van der Waals surface area contributed by atoms with Gasteiger partial charge in [0.2, 0.25) is 0 Å². The highest BCUT2D eigenvalue weighted by atomic mass is 32.2. The van der Waals surface area contributed by atoms with Gasteiger partial charge in [-0.05, 0) is 29.5 Å². The van der Waals surface area contributed by atoms with Crippen molar-refractivity contribution in [3.05, 3.63) is 77.9 Å². The van der Waals surface area contributed by atoms with Crippen LogP contribution in [0.3, 0.4) is 0 Å². The van der Waals surface area contributed by atoms with Crippen LogP contribution >= 0.6 is 0 Å². The zero-order valence-corrected chi connectivity index (χ0v) is 16.1. The van der Waals surface area contributed by atoms with Gasteiger partial charge in [-0.3, -0.25) is 4.79 Å². The molecule has 2 aromatic rings. The Kier molecular flexibility index (Phi) is 4.82. The van der Waals surface area contributed by atoms with Crippen LogP contribution in [0, 0.1) is 0 Å². The van der Waals surface area contributed by atoms with Crippen LogP contribution in [0.25, 0.3) is 5.57 Å². The van der Waals surface area contributed by atoms with Gasteiger partial charge in [0.1, 0.15) is 5.54 Å². The van der Waals surface area contributed by atoms with E-state index < -0.39 is 21.7 Å². The second kappa shape index (κ2) is 7.16. The van der Waals surface area contributed by atoms with Gasteiger partial charge >= 0.3 is 5.97 Å². The normalized spacial score (nSPS) is 25.1. The molecule has 28 heavy (non-hydrogen) atoms. The summed E-state index contributed by atoms with van der Waals surface area (Å²) in [6, 6.07) is 19.0. The first-order valence-electron chi connectivity index (χ1n) is 9.24. The van der Waals surface area contributed by atoms with E-state index in [0.29, 0.717) is 13.0 Å². The van der Waals surface area contributed by atoms with Crippen molar-refractivity contribution in [3.8, 4) is 0 Å². The molecule has 6 nitrogen and oxygen atoms in total. The molecule has 2 aromatic carbocycles. The smallest absolute Gasteiger partial charge is 0.325 e. The first-order valence-corrected chi connectivity index (χ1v) is 10.7. The lowest BCUT2D eigenvalue weighted by atomic mass is 10.0. The van der Waals surface area contributed by atoms with Crippen LogP contribution in [0.15, 0.2) is 66.7 Å². The number of nitrogens with zero attached hydrogens (tertiary/aromatic N) is 1. The van der Waals surface area contributed by atoms with E-state index in [-0.39, 0.29) is 18.9 Å². The largest absolute Gasteiger partial charge is 0.480 e. The number of benzene rings is 2. The minimum Gasteiger partial charge on any atom is -0.480 e. The molecule has 1 fully saturated rings. The third-order valence-electron chi connectivity index (χ3n) is 5.51. The second-order valence-electron chi connectivity index (χ2n) is 7.25. The molecule has 146 valence electrons. The molecular formula is C21H22N2O4S. The summed E-state index contributed by atoms with van der Waals surface area (Å²) in [5.74, 6) is -1.50. The molecule has 1 saturated carbocycles. The van der Waals surface area contributed by atoms with Crippen molar-refractivity contribution < 1.29 is 18.3 Å². The van der Waals surface area contributed by atoms with Crippen LogP contribution in [0.4, 0.5) is 0 Å². The summed E-state index contributed by atoms with van der Waals surface area (Å²) in [5.41, 5.74) is 1.55. The zero-order valence-electron chi connectivity index (χ0n) is 15.3. The molecule has 0 radical (unpaired) electrons. The van der Waals surface area contributed by atoms with E-state index in [9.17, 15) is 18.3 Å². The highest BCUT2D eigenvalue weighted by Gasteiger charge is 2.63. The summed E-state index contributed by atoms with van der Waals surface area (Å²) >= 11 is 0. The molecule has 2 atom stereocenters. The van der Waals surface area contributed by atoms with Gasteiger partial charge in [-0.25, -0.2) is 0 Å². The van der Waals surface area contributed by atoms with E-state index in [2.05, 4.69) is 4.72 Å². The quantitative estimate of drug-likeness (QED) is 0.783. The van der Waals surface area contributed by atoms with E-state index in [4.69, 9.17) is 0 Å². The molecule has 1 aliphatic heterocycles. The van der Waals surface area contributed by atoms with E-state index >= 15 is 0 Å². The van der Waals surface area contributed by atoms with Crippen LogP contribution < -0.4 is 4.72 Å². The molecule has 7 heteroatoms. The predicted octanol–water partition coefficient (Wildman–Crippen LogP) is 2.62. The Morgan fingerprint density at radius 2 is 1.71 bits per heavy atom. The lowest BCUT2D eigenvalue weighted by Crippen LogP contribution is -2.51. The van der Waals surface area contributed by atoms with Gasteiger partial charge in [0.05, 0.1) is 0 Å². The van der Waals surface area contributed by atoms with Gasteiger partial charge in [0.25, 0.3) is 10.2 Å². The van der Waals surface area contributed by atoms with Gasteiger partial charge in [-0.15, -0.1) is 0 Å². The lowest BCUT2D eigenvalue weighted by molar-refractivity contribution is -0.140. The maximum Gasteiger partial charge on any atom is 0.325 e. The van der Waals surface area contributed by atoms with Gasteiger partial charge in [0.15, 0.2) is 0 Å². The Balaban J connectivity index is 1.50. The molecule has 1 heterocycles. The minimum atomic E-state index is -3.91. The maximum atomic E-state index is 12.9. The number of nitrogens with one attached hydrogen (secondary N) is 1. The topological polar surface area (TPSA) is 86.7 Å². The van der Waals surface area contributed by atoms with Crippen LogP contribution in [0.2, 0.25) is 0 Å². The first-order chi connectivity index (χ1) is 13.4. The molecule has 0 spiro atoms. The highest BCUT2D eigenvalue weighted by molar-refractivity contribution is 7.87.